The number of rotatable bonds is 4. The second kappa shape index (κ2) is 4.62. The van der Waals surface area contributed by atoms with E-state index in [0.717, 1.165) is 0 Å². The van der Waals surface area contributed by atoms with Crippen molar-refractivity contribution in [3.63, 3.8) is 0 Å². The lowest BCUT2D eigenvalue weighted by Gasteiger charge is -2.14. The molecular weight excluding hydrogens is 182 g/mol. The highest BCUT2D eigenvalue weighted by Crippen LogP contribution is 2.15. The molecule has 0 atom stereocenters. The van der Waals surface area contributed by atoms with Gasteiger partial charge < -0.3 is 0 Å². The summed E-state index contributed by atoms with van der Waals surface area (Å²) >= 11 is 0. The van der Waals surface area contributed by atoms with E-state index in [4.69, 9.17) is 9.68 Å². The van der Waals surface area contributed by atoms with Crippen LogP contribution in [0.1, 0.15) is 41.5 Å². The lowest BCUT2D eigenvalue weighted by atomic mass is 9.99. The largest absolute Gasteiger partial charge is 0.477 e. The molecule has 4 nitrogen and oxygen atoms in total. The van der Waals surface area contributed by atoms with E-state index >= 15 is 0 Å². The van der Waals surface area contributed by atoms with E-state index in [1.165, 1.54) is 0 Å². The highest BCUT2D eigenvalue weighted by molar-refractivity contribution is 4.57. The maximum Gasteiger partial charge on any atom is 0.477 e. The lowest BCUT2D eigenvalue weighted by Crippen LogP contribution is -2.24. The quantitative estimate of drug-likeness (QED) is 0.661. The summed E-state index contributed by atoms with van der Waals surface area (Å²) < 4.78 is 0. The van der Waals surface area contributed by atoms with E-state index in [-0.39, 0.29) is 15.9 Å². The molecular formula is C10H22NO3+. The molecule has 0 aliphatic carbocycles. The summed E-state index contributed by atoms with van der Waals surface area (Å²) in [5.41, 5.74) is -0.0680. The average molecular weight is 204 g/mol. The third-order valence-electron chi connectivity index (χ3n) is 1.21. The fraction of sp³-hybridized carbons (Fsp3) is 1.00. The first-order valence-corrected chi connectivity index (χ1v) is 4.83. The van der Waals surface area contributed by atoms with Gasteiger partial charge in [-0.25, -0.2) is 0 Å². The summed E-state index contributed by atoms with van der Waals surface area (Å²) in [6, 6.07) is 0. The van der Waals surface area contributed by atoms with E-state index in [0.29, 0.717) is 13.2 Å². The molecule has 0 aromatic carbocycles. The Kier molecular flexibility index (Phi) is 4.36. The molecule has 0 aromatic rings. The number of hydrogen-bond acceptors (Lipinski definition) is 3. The molecule has 0 aromatic heterocycles. The SMILES string of the molecule is CC(C)(C)CO[N+](=O)OCC(C)(C)C. The Morgan fingerprint density at radius 1 is 0.857 bits per heavy atom. The minimum Gasteiger partial charge on any atom is -0.186 e. The van der Waals surface area contributed by atoms with Crippen LogP contribution in [0.3, 0.4) is 0 Å². The summed E-state index contributed by atoms with van der Waals surface area (Å²) in [7, 11) is 0. The Morgan fingerprint density at radius 2 is 1.14 bits per heavy atom. The molecule has 0 aliphatic rings. The predicted octanol–water partition coefficient (Wildman–Crippen LogP) is 2.72. The van der Waals surface area contributed by atoms with Crippen LogP contribution in [-0.4, -0.2) is 18.3 Å². The molecule has 0 fully saturated rings. The van der Waals surface area contributed by atoms with E-state index in [1.807, 2.05) is 41.5 Å². The van der Waals surface area contributed by atoms with E-state index in [9.17, 15) is 4.91 Å². The fourth-order valence-corrected chi connectivity index (χ4v) is 0.530. The standard InChI is InChI=1S/C10H22NO3/c1-9(2,3)7-13-11(12)14-8-10(4,5)6/h7-8H2,1-6H3/q+1. The van der Waals surface area contributed by atoms with Crippen molar-refractivity contribution in [1.29, 1.82) is 0 Å². The maximum atomic E-state index is 11.0. The van der Waals surface area contributed by atoms with Gasteiger partial charge in [-0.3, -0.25) is 0 Å². The molecule has 84 valence electrons. The van der Waals surface area contributed by atoms with Crippen LogP contribution in [0.5, 0.6) is 0 Å². The van der Waals surface area contributed by atoms with Crippen LogP contribution in [0.15, 0.2) is 0 Å². The Bertz CT molecular complexity index is 169. The van der Waals surface area contributed by atoms with Crippen LogP contribution >= 0.6 is 0 Å². The molecule has 0 saturated carbocycles. The Labute approximate surface area is 86.1 Å². The first kappa shape index (κ1) is 13.2. The van der Waals surface area contributed by atoms with Crippen molar-refractivity contribution in [3.05, 3.63) is 4.91 Å². The molecule has 0 unspecified atom stereocenters. The van der Waals surface area contributed by atoms with Gasteiger partial charge in [0.05, 0.1) is 0 Å². The number of hydrogen-bond donors (Lipinski definition) is 0. The normalized spacial score (nSPS) is 12.4. The van der Waals surface area contributed by atoms with Crippen molar-refractivity contribution in [3.8, 4) is 0 Å². The fourth-order valence-electron chi connectivity index (χ4n) is 0.530. The van der Waals surface area contributed by atoms with Gasteiger partial charge in [-0.15, -0.1) is 0 Å². The van der Waals surface area contributed by atoms with Crippen molar-refractivity contribution in [2.24, 2.45) is 10.8 Å². The molecule has 0 N–H and O–H groups in total. The van der Waals surface area contributed by atoms with Crippen molar-refractivity contribution >= 4 is 0 Å². The second-order valence-corrected chi connectivity index (χ2v) is 5.89. The van der Waals surface area contributed by atoms with Crippen LogP contribution in [0, 0.1) is 15.7 Å². The van der Waals surface area contributed by atoms with Gasteiger partial charge >= 0.3 is 5.09 Å². The molecule has 14 heavy (non-hydrogen) atoms. The molecule has 0 radical (unpaired) electrons. The smallest absolute Gasteiger partial charge is 0.186 e. The average Bonchev–Trinajstić information content (AvgIpc) is 1.94. The molecule has 0 spiro atoms. The van der Waals surface area contributed by atoms with Gasteiger partial charge in [0.1, 0.15) is 4.91 Å². The highest BCUT2D eigenvalue weighted by Gasteiger charge is 2.23. The van der Waals surface area contributed by atoms with Crippen molar-refractivity contribution in [2.75, 3.05) is 13.2 Å². The first-order valence-electron chi connectivity index (χ1n) is 4.83. The summed E-state index contributed by atoms with van der Waals surface area (Å²) in [4.78, 5) is 20.7. The second-order valence-electron chi connectivity index (χ2n) is 5.89. The Morgan fingerprint density at radius 3 is 1.36 bits per heavy atom. The van der Waals surface area contributed by atoms with Gasteiger partial charge in [0.25, 0.3) is 0 Å². The summed E-state index contributed by atoms with van der Waals surface area (Å²) in [6.07, 6.45) is 0. The zero-order valence-corrected chi connectivity index (χ0v) is 10.1. The highest BCUT2D eigenvalue weighted by atomic mass is 17.0. The zero-order chi connectivity index (χ0) is 11.4. The summed E-state index contributed by atoms with van der Waals surface area (Å²) in [5.74, 6) is 0. The van der Waals surface area contributed by atoms with Crippen molar-refractivity contribution in [2.45, 2.75) is 41.5 Å². The van der Waals surface area contributed by atoms with Gasteiger partial charge in [-0.1, -0.05) is 41.5 Å². The molecule has 0 heterocycles. The topological polar surface area (TPSA) is 38.5 Å². The molecule has 0 bridgehead atoms. The van der Waals surface area contributed by atoms with Crippen LogP contribution in [-0.2, 0) is 9.68 Å². The zero-order valence-electron chi connectivity index (χ0n) is 10.1. The molecule has 0 saturated heterocycles. The van der Waals surface area contributed by atoms with Gasteiger partial charge in [0.2, 0.25) is 0 Å². The molecule has 0 aliphatic heterocycles. The van der Waals surface area contributed by atoms with E-state index in [1.54, 1.807) is 0 Å². The monoisotopic (exact) mass is 204 g/mol. The minimum atomic E-state index is -0.0340. The van der Waals surface area contributed by atoms with Gasteiger partial charge in [0, 0.05) is 10.8 Å². The first-order chi connectivity index (χ1) is 6.10. The van der Waals surface area contributed by atoms with E-state index < -0.39 is 0 Å². The van der Waals surface area contributed by atoms with E-state index in [2.05, 4.69) is 0 Å². The predicted molar refractivity (Wildman–Crippen MR) is 54.4 cm³/mol. The van der Waals surface area contributed by atoms with Crippen molar-refractivity contribution in [1.82, 2.24) is 0 Å². The van der Waals surface area contributed by atoms with Crippen molar-refractivity contribution < 1.29 is 14.8 Å². The van der Waals surface area contributed by atoms with Crippen LogP contribution in [0.25, 0.3) is 0 Å². The Balaban J connectivity index is 3.68. The van der Waals surface area contributed by atoms with Crippen LogP contribution < -0.4 is 0 Å². The summed E-state index contributed by atoms with van der Waals surface area (Å²) in [5, 5.41) is 0.205. The van der Waals surface area contributed by atoms with Gasteiger partial charge in [-0.2, -0.15) is 9.68 Å². The maximum absolute atomic E-state index is 11.0. The van der Waals surface area contributed by atoms with Gasteiger partial charge in [-0.05, 0) is 0 Å². The minimum absolute atomic E-state index is 0.0340. The third kappa shape index (κ3) is 9.29. The van der Waals surface area contributed by atoms with Crippen LogP contribution in [0.4, 0.5) is 0 Å². The molecule has 4 heteroatoms. The Hall–Kier alpha value is -0.800. The summed E-state index contributed by atoms with van der Waals surface area (Å²) in [6.45, 7) is 12.6. The molecule has 0 amide bonds. The third-order valence-corrected chi connectivity index (χ3v) is 1.21. The van der Waals surface area contributed by atoms with Crippen LogP contribution in [0.2, 0.25) is 0 Å². The molecule has 0 rings (SSSR count). The lowest BCUT2D eigenvalue weighted by molar-refractivity contribution is -0.983. The number of nitrogens with zero attached hydrogens (tertiary/aromatic N) is 1. The van der Waals surface area contributed by atoms with Gasteiger partial charge in [0.15, 0.2) is 13.2 Å².